The monoisotopic (exact) mass is 452 g/mol. The molecule has 0 aliphatic carbocycles. The van der Waals surface area contributed by atoms with Crippen molar-refractivity contribution in [3.8, 4) is 5.75 Å². The summed E-state index contributed by atoms with van der Waals surface area (Å²) in [6.45, 7) is 0.0321. The number of hydrogen-bond donors (Lipinski definition) is 0. The molecule has 0 aliphatic rings. The zero-order valence-electron chi connectivity index (χ0n) is 9.16. The summed E-state index contributed by atoms with van der Waals surface area (Å²) in [7, 11) is 0. The predicted molar refractivity (Wildman–Crippen MR) is 75.3 cm³/mol. The highest BCUT2D eigenvalue weighted by Crippen LogP contribution is 2.35. The van der Waals surface area contributed by atoms with Gasteiger partial charge in [0.25, 0.3) is 0 Å². The Morgan fingerprint density at radius 3 is 2.11 bits per heavy atom. The third-order valence-electron chi connectivity index (χ3n) is 2.06. The fourth-order valence-electron chi connectivity index (χ4n) is 1.27. The summed E-state index contributed by atoms with van der Waals surface area (Å²) < 4.78 is 42.7. The molecule has 0 N–H and O–H groups in total. The largest absolute Gasteiger partial charge is 0.491 e. The number of alkyl halides is 4. The maximum absolute atomic E-state index is 12.0. The Hall–Kier alpha value is 0.250. The molecule has 1 rings (SSSR count). The van der Waals surface area contributed by atoms with Gasteiger partial charge in [-0.1, -0.05) is 15.9 Å². The Balaban J connectivity index is 2.57. The minimum absolute atomic E-state index is 0.0321. The van der Waals surface area contributed by atoms with Crippen LogP contribution in [0.25, 0.3) is 0 Å². The summed E-state index contributed by atoms with van der Waals surface area (Å²) in [6, 6.07) is 3.72. The first-order valence-electron chi connectivity index (χ1n) is 5.07. The van der Waals surface area contributed by atoms with Crippen molar-refractivity contribution < 1.29 is 17.9 Å². The van der Waals surface area contributed by atoms with Crippen LogP contribution in [0.5, 0.6) is 5.75 Å². The Morgan fingerprint density at radius 1 is 1.11 bits per heavy atom. The van der Waals surface area contributed by atoms with Crippen LogP contribution >= 0.6 is 47.8 Å². The van der Waals surface area contributed by atoms with Crippen molar-refractivity contribution >= 4 is 47.8 Å². The van der Waals surface area contributed by atoms with E-state index in [1.54, 1.807) is 0 Å². The highest BCUT2D eigenvalue weighted by atomic mass is 79.9. The smallest absolute Gasteiger partial charge is 0.389 e. The third-order valence-corrected chi connectivity index (χ3v) is 3.89. The van der Waals surface area contributed by atoms with E-state index in [1.807, 2.05) is 12.1 Å². The van der Waals surface area contributed by atoms with Crippen LogP contribution in [0, 0.1) is 0 Å². The fraction of sp³-hybridized carbons (Fsp3) is 0.455. The van der Waals surface area contributed by atoms with Crippen molar-refractivity contribution in [2.75, 3.05) is 6.61 Å². The Bertz CT molecular complexity index is 384. The van der Waals surface area contributed by atoms with Gasteiger partial charge in [0, 0.05) is 11.8 Å². The summed E-state index contributed by atoms with van der Waals surface area (Å²) in [5, 5.41) is 0.693. The lowest BCUT2D eigenvalue weighted by Crippen LogP contribution is -2.10. The van der Waals surface area contributed by atoms with Gasteiger partial charge in [0.1, 0.15) is 5.75 Å². The van der Waals surface area contributed by atoms with E-state index in [1.165, 1.54) is 0 Å². The van der Waals surface area contributed by atoms with E-state index in [0.29, 0.717) is 11.1 Å². The quantitative estimate of drug-likeness (QED) is 0.402. The van der Waals surface area contributed by atoms with Gasteiger partial charge in [-0.25, -0.2) is 0 Å². The maximum Gasteiger partial charge on any atom is 0.389 e. The number of halogens is 6. The van der Waals surface area contributed by atoms with Gasteiger partial charge in [-0.05, 0) is 56.0 Å². The summed E-state index contributed by atoms with van der Waals surface area (Å²) in [4.78, 5) is 0. The molecule has 0 unspecified atom stereocenters. The van der Waals surface area contributed by atoms with Gasteiger partial charge in [0.05, 0.1) is 15.6 Å². The molecule has 1 aromatic carbocycles. The molecular formula is C11H10Br3F3O. The fourth-order valence-corrected chi connectivity index (χ4v) is 3.11. The summed E-state index contributed by atoms with van der Waals surface area (Å²) in [6.07, 6.45) is -5.01. The van der Waals surface area contributed by atoms with E-state index in [2.05, 4.69) is 47.8 Å². The van der Waals surface area contributed by atoms with Gasteiger partial charge in [0.15, 0.2) is 0 Å². The molecule has 102 valence electrons. The number of ether oxygens (including phenoxy) is 1. The molecule has 0 saturated heterocycles. The van der Waals surface area contributed by atoms with Crippen LogP contribution in [0.2, 0.25) is 0 Å². The zero-order chi connectivity index (χ0) is 13.8. The molecule has 18 heavy (non-hydrogen) atoms. The molecule has 1 aromatic rings. The van der Waals surface area contributed by atoms with Crippen molar-refractivity contribution in [2.24, 2.45) is 0 Å². The lowest BCUT2D eigenvalue weighted by atomic mass is 10.2. The molecule has 0 spiro atoms. The second-order valence-corrected chi connectivity index (χ2v) is 5.86. The van der Waals surface area contributed by atoms with Gasteiger partial charge in [-0.2, -0.15) is 13.2 Å². The average Bonchev–Trinajstić information content (AvgIpc) is 2.25. The summed E-state index contributed by atoms with van der Waals surface area (Å²) in [5.74, 6) is 0.530. The van der Waals surface area contributed by atoms with E-state index in [-0.39, 0.29) is 13.0 Å². The van der Waals surface area contributed by atoms with Crippen LogP contribution in [0.15, 0.2) is 21.1 Å². The maximum atomic E-state index is 12.0. The second-order valence-electron chi connectivity index (χ2n) is 3.59. The molecule has 0 fully saturated rings. The second kappa shape index (κ2) is 7.14. The first kappa shape index (κ1) is 16.3. The molecule has 0 aliphatic heterocycles. The van der Waals surface area contributed by atoms with Gasteiger partial charge in [-0.3, -0.25) is 0 Å². The van der Waals surface area contributed by atoms with E-state index < -0.39 is 12.6 Å². The van der Waals surface area contributed by atoms with E-state index in [9.17, 15) is 13.2 Å². The van der Waals surface area contributed by atoms with Crippen molar-refractivity contribution in [3.63, 3.8) is 0 Å². The number of hydrogen-bond acceptors (Lipinski definition) is 1. The minimum Gasteiger partial charge on any atom is -0.491 e. The van der Waals surface area contributed by atoms with Crippen LogP contribution in [0.3, 0.4) is 0 Å². The van der Waals surface area contributed by atoms with Crippen molar-refractivity contribution in [2.45, 2.75) is 24.3 Å². The zero-order valence-corrected chi connectivity index (χ0v) is 13.9. The first-order chi connectivity index (χ1) is 8.33. The highest BCUT2D eigenvalue weighted by molar-refractivity contribution is 9.11. The molecule has 1 nitrogen and oxygen atoms in total. The van der Waals surface area contributed by atoms with E-state index >= 15 is 0 Å². The minimum atomic E-state index is -4.13. The van der Waals surface area contributed by atoms with Crippen molar-refractivity contribution in [3.05, 3.63) is 26.6 Å². The molecule has 7 heteroatoms. The van der Waals surface area contributed by atoms with Gasteiger partial charge >= 0.3 is 6.18 Å². The number of rotatable bonds is 5. The molecule has 0 bridgehead atoms. The lowest BCUT2D eigenvalue weighted by molar-refractivity contribution is -0.136. The van der Waals surface area contributed by atoms with Gasteiger partial charge in [0.2, 0.25) is 0 Å². The average molecular weight is 455 g/mol. The predicted octanol–water partition coefficient (Wildman–Crippen LogP) is 5.83. The standard InChI is InChI=1S/C11H10Br3F3O/c12-6-7-4-8(13)10(9(14)5-7)18-3-1-2-11(15,16)17/h4-5H,1-3,6H2. The Morgan fingerprint density at radius 2 is 1.67 bits per heavy atom. The topological polar surface area (TPSA) is 9.23 Å². The lowest BCUT2D eigenvalue weighted by Gasteiger charge is -2.12. The Labute approximate surface area is 128 Å². The molecular weight excluding hydrogens is 445 g/mol. The van der Waals surface area contributed by atoms with Crippen molar-refractivity contribution in [1.29, 1.82) is 0 Å². The first-order valence-corrected chi connectivity index (χ1v) is 7.77. The molecule has 0 amide bonds. The molecule has 0 aromatic heterocycles. The van der Waals surface area contributed by atoms with E-state index in [4.69, 9.17) is 4.74 Å². The van der Waals surface area contributed by atoms with Crippen LogP contribution in [0.4, 0.5) is 13.2 Å². The molecule has 0 heterocycles. The van der Waals surface area contributed by atoms with Gasteiger partial charge in [-0.15, -0.1) is 0 Å². The molecule has 0 atom stereocenters. The Kier molecular flexibility index (Phi) is 6.47. The molecule has 0 radical (unpaired) electrons. The van der Waals surface area contributed by atoms with Crippen LogP contribution in [0.1, 0.15) is 18.4 Å². The molecule has 0 saturated carbocycles. The van der Waals surface area contributed by atoms with Crippen molar-refractivity contribution in [1.82, 2.24) is 0 Å². The summed E-state index contributed by atoms with van der Waals surface area (Å²) in [5.41, 5.74) is 1.04. The SMILES string of the molecule is FC(F)(F)CCCOc1c(Br)cc(CBr)cc1Br. The van der Waals surface area contributed by atoms with Gasteiger partial charge < -0.3 is 4.74 Å². The van der Waals surface area contributed by atoms with E-state index in [0.717, 1.165) is 14.5 Å². The third kappa shape index (κ3) is 5.48. The highest BCUT2D eigenvalue weighted by Gasteiger charge is 2.26. The normalized spacial score (nSPS) is 11.7. The number of benzene rings is 1. The van der Waals surface area contributed by atoms with Crippen LogP contribution in [-0.4, -0.2) is 12.8 Å². The van der Waals surface area contributed by atoms with Crippen LogP contribution in [-0.2, 0) is 5.33 Å². The summed E-state index contributed by atoms with van der Waals surface area (Å²) >= 11 is 9.99. The van der Waals surface area contributed by atoms with Crippen LogP contribution < -0.4 is 4.74 Å².